The van der Waals surface area contributed by atoms with E-state index >= 15 is 0 Å². The second kappa shape index (κ2) is 4.74. The average Bonchev–Trinajstić information content (AvgIpc) is 3.25. The SMILES string of the molecule is O=C(NCc1ccc2c(c1)OCCO2)C1(CO)CC1. The van der Waals surface area contributed by atoms with Crippen LogP contribution in [0.3, 0.4) is 0 Å². The summed E-state index contributed by atoms with van der Waals surface area (Å²) in [5.41, 5.74) is 0.444. The fraction of sp³-hybridized carbons (Fsp3) is 0.500. The van der Waals surface area contributed by atoms with E-state index in [4.69, 9.17) is 9.47 Å². The lowest BCUT2D eigenvalue weighted by Gasteiger charge is -2.19. The molecule has 1 aliphatic heterocycles. The molecule has 1 aromatic rings. The standard InChI is InChI=1S/C14H17NO4/c16-9-14(3-4-14)13(17)15-8-10-1-2-11-12(7-10)19-6-5-18-11/h1-2,7,16H,3-6,8-9H2,(H,15,17). The van der Waals surface area contributed by atoms with E-state index in [1.807, 2.05) is 18.2 Å². The van der Waals surface area contributed by atoms with Crippen molar-refractivity contribution >= 4 is 5.91 Å². The van der Waals surface area contributed by atoms with E-state index in [0.717, 1.165) is 29.9 Å². The first-order valence-electron chi connectivity index (χ1n) is 6.51. The maximum Gasteiger partial charge on any atom is 0.228 e. The third kappa shape index (κ3) is 2.38. The highest BCUT2D eigenvalue weighted by Crippen LogP contribution is 2.45. The van der Waals surface area contributed by atoms with Gasteiger partial charge in [-0.05, 0) is 30.5 Å². The summed E-state index contributed by atoms with van der Waals surface area (Å²) >= 11 is 0. The summed E-state index contributed by atoms with van der Waals surface area (Å²) in [4.78, 5) is 11.9. The Bertz CT molecular complexity index is 496. The predicted molar refractivity (Wildman–Crippen MR) is 68.0 cm³/mol. The summed E-state index contributed by atoms with van der Waals surface area (Å²) in [5.74, 6) is 1.40. The third-order valence-electron chi connectivity index (χ3n) is 3.70. The van der Waals surface area contributed by atoms with Crippen LogP contribution in [-0.2, 0) is 11.3 Å². The molecule has 102 valence electrons. The van der Waals surface area contributed by atoms with Gasteiger partial charge in [0, 0.05) is 6.54 Å². The Kier molecular flexibility index (Phi) is 3.06. The topological polar surface area (TPSA) is 67.8 Å². The van der Waals surface area contributed by atoms with Crippen LogP contribution in [0.5, 0.6) is 11.5 Å². The number of carbonyl (C=O) groups excluding carboxylic acids is 1. The first kappa shape index (κ1) is 12.3. The Balaban J connectivity index is 1.62. The van der Waals surface area contributed by atoms with E-state index in [1.165, 1.54) is 0 Å². The van der Waals surface area contributed by atoms with Crippen LogP contribution in [0.4, 0.5) is 0 Å². The monoisotopic (exact) mass is 263 g/mol. The second-order valence-corrected chi connectivity index (χ2v) is 5.10. The van der Waals surface area contributed by atoms with Crippen molar-refractivity contribution in [3.8, 4) is 11.5 Å². The third-order valence-corrected chi connectivity index (χ3v) is 3.70. The molecule has 1 fully saturated rings. The van der Waals surface area contributed by atoms with Gasteiger partial charge in [0.05, 0.1) is 12.0 Å². The van der Waals surface area contributed by atoms with Gasteiger partial charge in [0.25, 0.3) is 0 Å². The number of rotatable bonds is 4. The molecule has 1 saturated carbocycles. The van der Waals surface area contributed by atoms with Crippen molar-refractivity contribution in [2.45, 2.75) is 19.4 Å². The number of nitrogens with one attached hydrogen (secondary N) is 1. The summed E-state index contributed by atoms with van der Waals surface area (Å²) in [6, 6.07) is 5.65. The lowest BCUT2D eigenvalue weighted by molar-refractivity contribution is -0.127. The van der Waals surface area contributed by atoms with Crippen molar-refractivity contribution in [1.29, 1.82) is 0 Å². The molecule has 3 rings (SSSR count). The quantitative estimate of drug-likeness (QED) is 0.845. The minimum atomic E-state index is -0.520. The Morgan fingerprint density at radius 3 is 2.68 bits per heavy atom. The average molecular weight is 263 g/mol. The molecule has 1 heterocycles. The summed E-state index contributed by atoms with van der Waals surface area (Å²) in [5, 5.41) is 12.0. The first-order chi connectivity index (χ1) is 9.23. The summed E-state index contributed by atoms with van der Waals surface area (Å²) in [6.07, 6.45) is 1.55. The molecule has 0 saturated heterocycles. The number of carbonyl (C=O) groups is 1. The number of aliphatic hydroxyl groups is 1. The van der Waals surface area contributed by atoms with E-state index in [0.29, 0.717) is 19.8 Å². The molecule has 0 atom stereocenters. The minimum Gasteiger partial charge on any atom is -0.486 e. The fourth-order valence-electron chi connectivity index (χ4n) is 2.18. The summed E-state index contributed by atoms with van der Waals surface area (Å²) in [6.45, 7) is 1.50. The number of hydrogen-bond donors (Lipinski definition) is 2. The molecule has 2 aliphatic rings. The van der Waals surface area contributed by atoms with Gasteiger partial charge in [-0.3, -0.25) is 4.79 Å². The highest BCUT2D eigenvalue weighted by Gasteiger charge is 2.49. The van der Waals surface area contributed by atoms with Gasteiger partial charge >= 0.3 is 0 Å². The maximum absolute atomic E-state index is 11.9. The predicted octanol–water partition coefficient (Wildman–Crippen LogP) is 0.846. The van der Waals surface area contributed by atoms with Gasteiger partial charge in [-0.2, -0.15) is 0 Å². The Labute approximate surface area is 111 Å². The second-order valence-electron chi connectivity index (χ2n) is 5.10. The lowest BCUT2D eigenvalue weighted by Crippen LogP contribution is -2.33. The fourth-order valence-corrected chi connectivity index (χ4v) is 2.18. The Morgan fingerprint density at radius 2 is 2.00 bits per heavy atom. The van der Waals surface area contributed by atoms with Gasteiger partial charge in [-0.15, -0.1) is 0 Å². The molecular formula is C14H17NO4. The molecule has 5 heteroatoms. The summed E-state index contributed by atoms with van der Waals surface area (Å²) < 4.78 is 10.9. The normalized spacial score (nSPS) is 18.8. The number of aliphatic hydroxyl groups excluding tert-OH is 1. The molecule has 0 aromatic heterocycles. The molecule has 1 amide bonds. The Morgan fingerprint density at radius 1 is 1.26 bits per heavy atom. The van der Waals surface area contributed by atoms with Crippen molar-refractivity contribution in [2.24, 2.45) is 5.41 Å². The van der Waals surface area contributed by atoms with E-state index < -0.39 is 5.41 Å². The minimum absolute atomic E-state index is 0.0649. The van der Waals surface area contributed by atoms with E-state index in [-0.39, 0.29) is 12.5 Å². The smallest absolute Gasteiger partial charge is 0.228 e. The van der Waals surface area contributed by atoms with Gasteiger partial charge < -0.3 is 19.9 Å². The first-order valence-corrected chi connectivity index (χ1v) is 6.51. The highest BCUT2D eigenvalue weighted by atomic mass is 16.6. The molecule has 5 nitrogen and oxygen atoms in total. The van der Waals surface area contributed by atoms with Crippen LogP contribution in [0.25, 0.3) is 0 Å². The maximum atomic E-state index is 11.9. The lowest BCUT2D eigenvalue weighted by atomic mass is 10.1. The molecule has 19 heavy (non-hydrogen) atoms. The molecular weight excluding hydrogens is 246 g/mol. The summed E-state index contributed by atoms with van der Waals surface area (Å²) in [7, 11) is 0. The van der Waals surface area contributed by atoms with Crippen molar-refractivity contribution in [3.63, 3.8) is 0 Å². The van der Waals surface area contributed by atoms with Gasteiger partial charge in [-0.25, -0.2) is 0 Å². The number of benzene rings is 1. The number of fused-ring (bicyclic) bond motifs is 1. The van der Waals surface area contributed by atoms with E-state index in [2.05, 4.69) is 5.32 Å². The largest absolute Gasteiger partial charge is 0.486 e. The molecule has 1 aromatic carbocycles. The van der Waals surface area contributed by atoms with Crippen LogP contribution in [0.15, 0.2) is 18.2 Å². The van der Waals surface area contributed by atoms with Gasteiger partial charge in [-0.1, -0.05) is 6.07 Å². The Hall–Kier alpha value is -1.75. The highest BCUT2D eigenvalue weighted by molar-refractivity contribution is 5.85. The zero-order valence-electron chi connectivity index (χ0n) is 10.6. The molecule has 0 spiro atoms. The molecule has 2 N–H and O–H groups in total. The van der Waals surface area contributed by atoms with Crippen LogP contribution in [-0.4, -0.2) is 30.8 Å². The van der Waals surface area contributed by atoms with Crippen LogP contribution in [0.1, 0.15) is 18.4 Å². The number of hydrogen-bond acceptors (Lipinski definition) is 4. The van der Waals surface area contributed by atoms with Gasteiger partial charge in [0.2, 0.25) is 5.91 Å². The zero-order valence-corrected chi connectivity index (χ0v) is 10.6. The number of amides is 1. The molecule has 0 unspecified atom stereocenters. The zero-order chi connectivity index (χ0) is 13.3. The van der Waals surface area contributed by atoms with Gasteiger partial charge in [0.1, 0.15) is 13.2 Å². The number of ether oxygens (including phenoxy) is 2. The van der Waals surface area contributed by atoms with E-state index in [1.54, 1.807) is 0 Å². The van der Waals surface area contributed by atoms with Crippen molar-refractivity contribution in [3.05, 3.63) is 23.8 Å². The van der Waals surface area contributed by atoms with Crippen LogP contribution >= 0.6 is 0 Å². The molecule has 1 aliphatic carbocycles. The van der Waals surface area contributed by atoms with Crippen LogP contribution in [0, 0.1) is 5.41 Å². The van der Waals surface area contributed by atoms with Crippen molar-refractivity contribution < 1.29 is 19.4 Å². The molecule has 0 bridgehead atoms. The van der Waals surface area contributed by atoms with Gasteiger partial charge in [0.15, 0.2) is 11.5 Å². The van der Waals surface area contributed by atoms with Crippen molar-refractivity contribution in [2.75, 3.05) is 19.8 Å². The van der Waals surface area contributed by atoms with Crippen LogP contribution < -0.4 is 14.8 Å². The van der Waals surface area contributed by atoms with Crippen LogP contribution in [0.2, 0.25) is 0 Å². The molecule has 0 radical (unpaired) electrons. The van der Waals surface area contributed by atoms with Crippen molar-refractivity contribution in [1.82, 2.24) is 5.32 Å². The van der Waals surface area contributed by atoms with E-state index in [9.17, 15) is 9.90 Å².